The maximum absolute atomic E-state index is 13.1. The first-order chi connectivity index (χ1) is 13.3. The zero-order valence-corrected chi connectivity index (χ0v) is 16.6. The zero-order valence-electron chi connectivity index (χ0n) is 16.6. The van der Waals surface area contributed by atoms with Crippen LogP contribution in [-0.4, -0.2) is 66.0 Å². The van der Waals surface area contributed by atoms with Crippen molar-refractivity contribution in [3.8, 4) is 0 Å². The fourth-order valence-corrected chi connectivity index (χ4v) is 4.99. The Bertz CT molecular complexity index is 620. The van der Waals surface area contributed by atoms with Crippen molar-refractivity contribution in [1.82, 2.24) is 14.8 Å². The normalized spacial score (nSPS) is 25.3. The molecule has 4 rings (SSSR count). The summed E-state index contributed by atoms with van der Waals surface area (Å²) in [5, 5.41) is 0. The van der Waals surface area contributed by atoms with Gasteiger partial charge in [0, 0.05) is 38.4 Å². The van der Waals surface area contributed by atoms with Gasteiger partial charge >= 0.3 is 0 Å². The van der Waals surface area contributed by atoms with Crippen LogP contribution in [0.3, 0.4) is 0 Å². The Morgan fingerprint density at radius 2 is 1.59 bits per heavy atom. The average molecular weight is 371 g/mol. The number of carbonyl (C=O) groups is 1. The van der Waals surface area contributed by atoms with Crippen LogP contribution in [0.15, 0.2) is 18.3 Å². The second-order valence-electron chi connectivity index (χ2n) is 8.42. The molecular weight excluding hydrogens is 336 g/mol. The van der Waals surface area contributed by atoms with Gasteiger partial charge < -0.3 is 9.80 Å². The van der Waals surface area contributed by atoms with Gasteiger partial charge in [-0.1, -0.05) is 12.8 Å². The molecule has 0 aromatic carbocycles. The van der Waals surface area contributed by atoms with Crippen LogP contribution in [-0.2, 0) is 0 Å². The van der Waals surface area contributed by atoms with E-state index in [1.807, 2.05) is 23.2 Å². The second kappa shape index (κ2) is 9.05. The Hall–Kier alpha value is -1.62. The highest BCUT2D eigenvalue weighted by molar-refractivity contribution is 5.99. The Kier molecular flexibility index (Phi) is 6.28. The quantitative estimate of drug-likeness (QED) is 0.816. The van der Waals surface area contributed by atoms with E-state index in [9.17, 15) is 4.79 Å². The molecule has 148 valence electrons. The van der Waals surface area contributed by atoms with Crippen LogP contribution >= 0.6 is 0 Å². The van der Waals surface area contributed by atoms with Gasteiger partial charge in [-0.05, 0) is 70.2 Å². The summed E-state index contributed by atoms with van der Waals surface area (Å²) >= 11 is 0. The van der Waals surface area contributed by atoms with Crippen molar-refractivity contribution in [2.75, 3.05) is 44.2 Å². The first-order valence-corrected chi connectivity index (χ1v) is 11.1. The van der Waals surface area contributed by atoms with Crippen molar-refractivity contribution in [1.29, 1.82) is 0 Å². The van der Waals surface area contributed by atoms with Gasteiger partial charge in [-0.2, -0.15) is 0 Å². The van der Waals surface area contributed by atoms with Crippen molar-refractivity contribution in [2.45, 2.75) is 63.8 Å². The fraction of sp³-hybridized carbons (Fsp3) is 0.727. The molecule has 1 amide bonds. The van der Waals surface area contributed by atoms with Crippen LogP contribution < -0.4 is 4.90 Å². The van der Waals surface area contributed by atoms with Gasteiger partial charge in [0.2, 0.25) is 0 Å². The van der Waals surface area contributed by atoms with E-state index >= 15 is 0 Å². The van der Waals surface area contributed by atoms with Gasteiger partial charge in [-0.15, -0.1) is 0 Å². The number of hydrogen-bond acceptors (Lipinski definition) is 4. The molecule has 1 unspecified atom stereocenters. The van der Waals surface area contributed by atoms with Gasteiger partial charge in [0.25, 0.3) is 5.91 Å². The molecule has 5 nitrogen and oxygen atoms in total. The topological polar surface area (TPSA) is 39.7 Å². The lowest BCUT2D eigenvalue weighted by Crippen LogP contribution is -2.49. The van der Waals surface area contributed by atoms with Crippen LogP contribution in [0.1, 0.15) is 68.1 Å². The monoisotopic (exact) mass is 370 g/mol. The van der Waals surface area contributed by atoms with Crippen LogP contribution in [0.4, 0.5) is 5.82 Å². The van der Waals surface area contributed by atoms with Gasteiger partial charge in [0.1, 0.15) is 5.82 Å². The zero-order chi connectivity index (χ0) is 18.5. The summed E-state index contributed by atoms with van der Waals surface area (Å²) in [5.74, 6) is 1.09. The molecule has 3 fully saturated rings. The predicted octanol–water partition coefficient (Wildman–Crippen LogP) is 3.55. The number of piperidine rings is 2. The molecule has 1 atom stereocenters. The third-order valence-electron chi connectivity index (χ3n) is 6.51. The third kappa shape index (κ3) is 4.45. The van der Waals surface area contributed by atoms with E-state index in [1.54, 1.807) is 0 Å². The summed E-state index contributed by atoms with van der Waals surface area (Å²) in [4.78, 5) is 24.9. The number of aromatic nitrogens is 1. The Morgan fingerprint density at radius 3 is 2.37 bits per heavy atom. The third-order valence-corrected chi connectivity index (χ3v) is 6.51. The molecule has 4 heterocycles. The lowest BCUT2D eigenvalue weighted by molar-refractivity contribution is 0.0724. The smallest absolute Gasteiger partial charge is 0.257 e. The van der Waals surface area contributed by atoms with Crippen molar-refractivity contribution in [2.24, 2.45) is 0 Å². The van der Waals surface area contributed by atoms with E-state index in [2.05, 4.69) is 14.8 Å². The van der Waals surface area contributed by atoms with E-state index in [4.69, 9.17) is 0 Å². The highest BCUT2D eigenvalue weighted by atomic mass is 16.2. The second-order valence-corrected chi connectivity index (χ2v) is 8.42. The van der Waals surface area contributed by atoms with E-state index < -0.39 is 0 Å². The first kappa shape index (κ1) is 18.7. The molecule has 3 aliphatic rings. The summed E-state index contributed by atoms with van der Waals surface area (Å²) in [7, 11) is 0. The SMILES string of the molecule is O=C(c1cccnc1N1CCCC(N2CCCCCC2)C1)N1CCCCC1. The maximum Gasteiger partial charge on any atom is 0.257 e. The Labute approximate surface area is 163 Å². The maximum atomic E-state index is 13.1. The van der Waals surface area contributed by atoms with E-state index in [1.165, 1.54) is 58.0 Å². The minimum absolute atomic E-state index is 0.176. The summed E-state index contributed by atoms with van der Waals surface area (Å²) in [5.41, 5.74) is 0.802. The number of rotatable bonds is 3. The molecule has 0 bridgehead atoms. The molecule has 3 saturated heterocycles. The highest BCUT2D eigenvalue weighted by Crippen LogP contribution is 2.27. The van der Waals surface area contributed by atoms with Crippen LogP contribution in [0, 0.1) is 0 Å². The lowest BCUT2D eigenvalue weighted by Gasteiger charge is -2.40. The average Bonchev–Trinajstić information content (AvgIpc) is 3.04. The summed E-state index contributed by atoms with van der Waals surface area (Å²) in [6, 6.07) is 4.50. The Balaban J connectivity index is 1.49. The van der Waals surface area contributed by atoms with Crippen molar-refractivity contribution in [3.63, 3.8) is 0 Å². The van der Waals surface area contributed by atoms with Crippen LogP contribution in [0.25, 0.3) is 0 Å². The number of anilines is 1. The predicted molar refractivity (Wildman–Crippen MR) is 109 cm³/mol. The number of pyridine rings is 1. The summed E-state index contributed by atoms with van der Waals surface area (Å²) in [6.07, 6.45) is 13.2. The van der Waals surface area contributed by atoms with Gasteiger partial charge in [-0.25, -0.2) is 4.98 Å². The number of nitrogens with zero attached hydrogens (tertiary/aromatic N) is 4. The Morgan fingerprint density at radius 1 is 0.889 bits per heavy atom. The highest BCUT2D eigenvalue weighted by Gasteiger charge is 2.29. The van der Waals surface area contributed by atoms with Gasteiger partial charge in [0.15, 0.2) is 0 Å². The van der Waals surface area contributed by atoms with E-state index in [0.29, 0.717) is 6.04 Å². The summed E-state index contributed by atoms with van der Waals surface area (Å²) < 4.78 is 0. The van der Waals surface area contributed by atoms with Crippen molar-refractivity contribution < 1.29 is 4.79 Å². The lowest BCUT2D eigenvalue weighted by atomic mass is 10.0. The van der Waals surface area contributed by atoms with E-state index in [0.717, 1.165) is 50.4 Å². The van der Waals surface area contributed by atoms with E-state index in [-0.39, 0.29) is 5.91 Å². The molecule has 0 spiro atoms. The molecule has 27 heavy (non-hydrogen) atoms. The largest absolute Gasteiger partial charge is 0.354 e. The number of hydrogen-bond donors (Lipinski definition) is 0. The number of likely N-dealkylation sites (tertiary alicyclic amines) is 2. The van der Waals surface area contributed by atoms with Gasteiger partial charge in [0.05, 0.1) is 5.56 Å². The fourth-order valence-electron chi connectivity index (χ4n) is 4.99. The molecule has 0 aliphatic carbocycles. The number of amides is 1. The molecule has 1 aromatic heterocycles. The summed E-state index contributed by atoms with van der Waals surface area (Å²) in [6.45, 7) is 6.28. The first-order valence-electron chi connectivity index (χ1n) is 11.1. The molecule has 0 N–H and O–H groups in total. The standard InChI is InChI=1S/C22H34N4O/c27-22(25-15-6-3-7-16-25)20-11-8-12-23-21(20)26-17-9-10-19(18-26)24-13-4-1-2-5-14-24/h8,11-12,19H,1-7,9-10,13-18H2. The molecule has 1 aromatic rings. The molecule has 0 saturated carbocycles. The van der Waals surface area contributed by atoms with Crippen molar-refractivity contribution >= 4 is 11.7 Å². The van der Waals surface area contributed by atoms with Gasteiger partial charge in [-0.3, -0.25) is 9.69 Å². The molecular formula is C22H34N4O. The molecule has 0 radical (unpaired) electrons. The van der Waals surface area contributed by atoms with Crippen LogP contribution in [0.2, 0.25) is 0 Å². The number of carbonyl (C=O) groups excluding carboxylic acids is 1. The van der Waals surface area contributed by atoms with Crippen molar-refractivity contribution in [3.05, 3.63) is 23.9 Å². The molecule has 5 heteroatoms. The minimum atomic E-state index is 0.176. The van der Waals surface area contributed by atoms with Crippen LogP contribution in [0.5, 0.6) is 0 Å². The molecule has 3 aliphatic heterocycles. The minimum Gasteiger partial charge on any atom is -0.354 e.